The van der Waals surface area contributed by atoms with Crippen molar-refractivity contribution >= 4 is 34.8 Å². The molecule has 0 bridgehead atoms. The van der Waals surface area contributed by atoms with Gasteiger partial charge >= 0.3 is 0 Å². The lowest BCUT2D eigenvalue weighted by atomic mass is 10.2. The normalized spacial score (nSPS) is 10.8. The minimum Gasteiger partial charge on any atom is -0.327 e. The maximum atomic E-state index is 13.6. The van der Waals surface area contributed by atoms with Crippen molar-refractivity contribution in [2.24, 2.45) is 0 Å². The number of amides is 1. The maximum Gasteiger partial charge on any atom is 0.276 e. The molecule has 0 N–H and O–H groups in total. The fraction of sp³-hybridized carbons (Fsp3) is 0.130. The highest BCUT2D eigenvalue weighted by atomic mass is 35.5. The van der Waals surface area contributed by atoms with Gasteiger partial charge in [0.1, 0.15) is 0 Å². The predicted molar refractivity (Wildman–Crippen MR) is 127 cm³/mol. The van der Waals surface area contributed by atoms with Gasteiger partial charge in [-0.15, -0.1) is 5.10 Å². The van der Waals surface area contributed by atoms with Gasteiger partial charge in [0.05, 0.1) is 38.6 Å². The zero-order valence-electron chi connectivity index (χ0n) is 17.9. The molecule has 2 heterocycles. The van der Waals surface area contributed by atoms with Gasteiger partial charge in [0.15, 0.2) is 5.69 Å². The number of hydrogen-bond acceptors (Lipinski definition) is 6. The van der Waals surface area contributed by atoms with Crippen LogP contribution >= 0.6 is 23.2 Å². The summed E-state index contributed by atoms with van der Waals surface area (Å²) in [4.78, 5) is 30.1. The van der Waals surface area contributed by atoms with Crippen LogP contribution in [0, 0.1) is 17.0 Å². The Morgan fingerprint density at radius 2 is 1.88 bits per heavy atom. The number of hydrogen-bond donors (Lipinski definition) is 0. The molecule has 1 amide bonds. The van der Waals surface area contributed by atoms with Crippen LogP contribution in [0.1, 0.15) is 27.4 Å². The minimum absolute atomic E-state index is 0.0864. The van der Waals surface area contributed by atoms with Crippen molar-refractivity contribution in [3.8, 4) is 5.69 Å². The quantitative estimate of drug-likeness (QED) is 0.262. The number of rotatable bonds is 7. The Kier molecular flexibility index (Phi) is 6.85. The Morgan fingerprint density at radius 3 is 2.59 bits per heavy atom. The van der Waals surface area contributed by atoms with Crippen LogP contribution in [0.2, 0.25) is 10.0 Å². The molecule has 2 aromatic carbocycles. The summed E-state index contributed by atoms with van der Waals surface area (Å²) in [7, 11) is 0. The monoisotopic (exact) mass is 496 g/mol. The number of carbonyl (C=O) groups is 1. The van der Waals surface area contributed by atoms with E-state index < -0.39 is 4.92 Å². The lowest BCUT2D eigenvalue weighted by Crippen LogP contribution is -2.31. The largest absolute Gasteiger partial charge is 0.327 e. The molecule has 4 aromatic rings. The Morgan fingerprint density at radius 1 is 1.06 bits per heavy atom. The summed E-state index contributed by atoms with van der Waals surface area (Å²) in [6.07, 6.45) is 1.65. The van der Waals surface area contributed by atoms with Crippen molar-refractivity contribution in [1.82, 2.24) is 24.9 Å². The third-order valence-electron chi connectivity index (χ3n) is 5.11. The third-order valence-corrected chi connectivity index (χ3v) is 5.84. The van der Waals surface area contributed by atoms with E-state index in [0.29, 0.717) is 27.1 Å². The second kappa shape index (κ2) is 9.98. The Bertz CT molecular complexity index is 1360. The van der Waals surface area contributed by atoms with Crippen LogP contribution in [-0.4, -0.2) is 35.7 Å². The van der Waals surface area contributed by atoms with Gasteiger partial charge in [0.2, 0.25) is 0 Å². The van der Waals surface area contributed by atoms with Crippen molar-refractivity contribution in [1.29, 1.82) is 0 Å². The second-order valence-electron chi connectivity index (χ2n) is 7.44. The van der Waals surface area contributed by atoms with Crippen molar-refractivity contribution in [2.75, 3.05) is 0 Å². The zero-order chi connectivity index (χ0) is 24.2. The van der Waals surface area contributed by atoms with Crippen molar-refractivity contribution in [3.63, 3.8) is 0 Å². The molecule has 0 saturated carbocycles. The average molecular weight is 497 g/mol. The van der Waals surface area contributed by atoms with E-state index >= 15 is 0 Å². The Labute approximate surface area is 204 Å². The molecule has 4 rings (SSSR count). The van der Waals surface area contributed by atoms with Gasteiger partial charge in [-0.3, -0.25) is 19.9 Å². The van der Waals surface area contributed by atoms with E-state index in [9.17, 15) is 14.9 Å². The summed E-state index contributed by atoms with van der Waals surface area (Å²) in [5.74, 6) is -0.370. The van der Waals surface area contributed by atoms with E-state index in [4.69, 9.17) is 23.2 Å². The molecule has 0 aliphatic rings. The van der Waals surface area contributed by atoms with Crippen LogP contribution in [-0.2, 0) is 13.1 Å². The van der Waals surface area contributed by atoms with Gasteiger partial charge in [0, 0.05) is 24.9 Å². The maximum absolute atomic E-state index is 13.6. The van der Waals surface area contributed by atoms with Gasteiger partial charge in [-0.1, -0.05) is 46.6 Å². The third kappa shape index (κ3) is 5.05. The Balaban J connectivity index is 1.68. The standard InChI is InChI=1S/C23H18Cl2N6O3/c1-15-22(27-28-30(15)18-6-4-7-19(12-18)31(33)34)23(32)29(14-17-5-2-3-10-26-17)13-16-8-9-20(24)21(25)11-16/h2-12H,13-14H2,1H3. The summed E-state index contributed by atoms with van der Waals surface area (Å²) in [5, 5.41) is 20.1. The molecule has 0 radical (unpaired) electrons. The molecule has 9 nitrogen and oxygen atoms in total. The number of aromatic nitrogens is 4. The highest BCUT2D eigenvalue weighted by molar-refractivity contribution is 6.42. The van der Waals surface area contributed by atoms with Crippen LogP contribution in [0.5, 0.6) is 0 Å². The molecule has 11 heteroatoms. The van der Waals surface area contributed by atoms with E-state index in [0.717, 1.165) is 5.56 Å². The van der Waals surface area contributed by atoms with Crippen molar-refractivity contribution in [3.05, 3.63) is 110 Å². The molecule has 0 atom stereocenters. The number of non-ortho nitro benzene ring substituents is 1. The number of nitrogens with zero attached hydrogens (tertiary/aromatic N) is 6. The predicted octanol–water partition coefficient (Wildman–Crippen LogP) is 5.03. The highest BCUT2D eigenvalue weighted by Gasteiger charge is 2.24. The summed E-state index contributed by atoms with van der Waals surface area (Å²) < 4.78 is 1.40. The second-order valence-corrected chi connectivity index (χ2v) is 8.26. The molecule has 0 saturated heterocycles. The molecule has 172 valence electrons. The average Bonchev–Trinajstić information content (AvgIpc) is 3.22. The first kappa shape index (κ1) is 23.3. The van der Waals surface area contributed by atoms with Crippen LogP contribution < -0.4 is 0 Å². The van der Waals surface area contributed by atoms with Crippen molar-refractivity contribution < 1.29 is 9.72 Å². The minimum atomic E-state index is -0.492. The summed E-state index contributed by atoms with van der Waals surface area (Å²) >= 11 is 12.2. The highest BCUT2D eigenvalue weighted by Crippen LogP contribution is 2.25. The summed E-state index contributed by atoms with van der Waals surface area (Å²) in [6, 6.07) is 16.6. The number of nitro groups is 1. The van der Waals surface area contributed by atoms with Crippen LogP contribution in [0.3, 0.4) is 0 Å². The first-order valence-corrected chi connectivity index (χ1v) is 10.9. The number of halogens is 2. The SMILES string of the molecule is Cc1c(C(=O)N(Cc2ccc(Cl)c(Cl)c2)Cc2ccccn2)nnn1-c1cccc([N+](=O)[O-])c1. The van der Waals surface area contributed by atoms with Crippen LogP contribution in [0.4, 0.5) is 5.69 Å². The first-order chi connectivity index (χ1) is 16.3. The first-order valence-electron chi connectivity index (χ1n) is 10.1. The molecular weight excluding hydrogens is 479 g/mol. The molecule has 0 spiro atoms. The topological polar surface area (TPSA) is 107 Å². The molecule has 0 aliphatic heterocycles. The summed E-state index contributed by atoms with van der Waals surface area (Å²) in [5.41, 5.74) is 2.39. The van der Waals surface area contributed by atoms with Crippen LogP contribution in [0.25, 0.3) is 5.69 Å². The van der Waals surface area contributed by atoms with E-state index in [2.05, 4.69) is 15.3 Å². The Hall–Kier alpha value is -3.82. The smallest absolute Gasteiger partial charge is 0.276 e. The zero-order valence-corrected chi connectivity index (χ0v) is 19.4. The molecule has 0 aliphatic carbocycles. The van der Waals surface area contributed by atoms with Crippen LogP contribution in [0.15, 0.2) is 66.9 Å². The van der Waals surface area contributed by atoms with E-state index in [-0.39, 0.29) is 30.4 Å². The van der Waals surface area contributed by atoms with Gasteiger partial charge in [0.25, 0.3) is 11.6 Å². The summed E-state index contributed by atoms with van der Waals surface area (Å²) in [6.45, 7) is 2.14. The number of benzene rings is 2. The van der Waals surface area contributed by atoms with Gasteiger partial charge in [-0.25, -0.2) is 4.68 Å². The van der Waals surface area contributed by atoms with Gasteiger partial charge in [-0.2, -0.15) is 0 Å². The number of pyridine rings is 1. The number of carbonyl (C=O) groups excluding carboxylic acids is 1. The van der Waals surface area contributed by atoms with E-state index in [1.165, 1.54) is 16.8 Å². The number of nitro benzene ring substituents is 1. The van der Waals surface area contributed by atoms with Gasteiger partial charge < -0.3 is 4.90 Å². The van der Waals surface area contributed by atoms with E-state index in [1.807, 2.05) is 12.1 Å². The van der Waals surface area contributed by atoms with Gasteiger partial charge in [-0.05, 0) is 42.8 Å². The lowest BCUT2D eigenvalue weighted by molar-refractivity contribution is -0.384. The molecular formula is C23H18Cl2N6O3. The lowest BCUT2D eigenvalue weighted by Gasteiger charge is -2.22. The molecule has 0 unspecified atom stereocenters. The van der Waals surface area contributed by atoms with E-state index in [1.54, 1.807) is 54.4 Å². The molecule has 0 fully saturated rings. The fourth-order valence-corrected chi connectivity index (χ4v) is 3.73. The fourth-order valence-electron chi connectivity index (χ4n) is 3.41. The molecule has 34 heavy (non-hydrogen) atoms. The van der Waals surface area contributed by atoms with Crippen molar-refractivity contribution in [2.45, 2.75) is 20.0 Å². The molecule has 2 aromatic heterocycles.